The number of para-hydroxylation sites is 1. The maximum Gasteiger partial charge on any atom is 0.246 e. The molecular formula is C32H42FN5O8S2Si. The smallest absolute Gasteiger partial charge is 0.246 e. The van der Waals surface area contributed by atoms with E-state index in [2.05, 4.69) is 34.8 Å². The minimum atomic E-state index is -4.58. The zero-order valence-electron chi connectivity index (χ0n) is 28.7. The fourth-order valence-corrected chi connectivity index (χ4v) is 8.66. The molecule has 0 spiro atoms. The average molecular weight is 736 g/mol. The number of methoxy groups -OCH3 is 2. The van der Waals surface area contributed by atoms with Crippen molar-refractivity contribution in [1.82, 2.24) is 19.7 Å². The molecule has 0 saturated carbocycles. The minimum absolute atomic E-state index is 0.0561. The van der Waals surface area contributed by atoms with E-state index in [1.165, 1.54) is 25.7 Å². The molecule has 2 aromatic heterocycles. The van der Waals surface area contributed by atoms with E-state index in [1.54, 1.807) is 36.4 Å². The molecule has 266 valence electrons. The number of aliphatic hydroxyl groups is 1. The highest BCUT2D eigenvalue weighted by Crippen LogP contribution is 2.40. The standard InChI is InChI=1S/C32H42FN5O8S2Si/c1-9-46-28-15-10-12-24(34-28)31-35-36-32(38(31)29-25(44-3)13-11-14-26(29)45-4)37(18-19-49(6,7)8)48(42,43)21(2)30(39)23-17-16-22(33)20-27(23)47(5,40)41/h10-17,20-21,30,39H,9,18-19H2,1-8H3/t21-,30-/m1/s1. The molecule has 17 heteroatoms. The number of halogens is 1. The number of anilines is 1. The Kier molecular flexibility index (Phi) is 11.4. The zero-order chi connectivity index (χ0) is 36.3. The molecule has 2 heterocycles. The number of rotatable bonds is 15. The molecule has 0 unspecified atom stereocenters. The van der Waals surface area contributed by atoms with Crippen LogP contribution in [0.3, 0.4) is 0 Å². The van der Waals surface area contributed by atoms with Gasteiger partial charge in [0.1, 0.15) is 33.9 Å². The van der Waals surface area contributed by atoms with Crippen molar-refractivity contribution in [3.05, 3.63) is 66.0 Å². The van der Waals surface area contributed by atoms with Crippen LogP contribution in [0.25, 0.3) is 17.2 Å². The maximum absolute atomic E-state index is 14.7. The Morgan fingerprint density at radius 3 is 2.18 bits per heavy atom. The first-order valence-corrected chi connectivity index (χ1v) is 22.5. The number of pyridine rings is 1. The third-order valence-electron chi connectivity index (χ3n) is 7.72. The van der Waals surface area contributed by atoms with Crippen LogP contribution in [-0.4, -0.2) is 88.6 Å². The van der Waals surface area contributed by atoms with Crippen molar-refractivity contribution in [1.29, 1.82) is 0 Å². The molecular weight excluding hydrogens is 694 g/mol. The molecule has 1 N–H and O–H groups in total. The van der Waals surface area contributed by atoms with Gasteiger partial charge in [-0.15, -0.1) is 10.2 Å². The van der Waals surface area contributed by atoms with Gasteiger partial charge in [0.2, 0.25) is 21.9 Å². The predicted octanol–water partition coefficient (Wildman–Crippen LogP) is 4.88. The Morgan fingerprint density at radius 2 is 1.61 bits per heavy atom. The van der Waals surface area contributed by atoms with Crippen molar-refractivity contribution in [2.45, 2.75) is 55.8 Å². The molecule has 0 aliphatic heterocycles. The average Bonchev–Trinajstić information content (AvgIpc) is 3.47. The van der Waals surface area contributed by atoms with Crippen molar-refractivity contribution in [2.24, 2.45) is 0 Å². The third-order valence-corrected chi connectivity index (χ3v) is 12.8. The van der Waals surface area contributed by atoms with E-state index >= 15 is 0 Å². The molecule has 0 aliphatic carbocycles. The predicted molar refractivity (Wildman–Crippen MR) is 187 cm³/mol. The van der Waals surface area contributed by atoms with Crippen LogP contribution in [0.5, 0.6) is 17.4 Å². The number of aromatic nitrogens is 4. The number of nitrogens with zero attached hydrogens (tertiary/aromatic N) is 5. The van der Waals surface area contributed by atoms with Crippen LogP contribution in [0.15, 0.2) is 59.5 Å². The van der Waals surface area contributed by atoms with Gasteiger partial charge in [-0.1, -0.05) is 37.8 Å². The van der Waals surface area contributed by atoms with E-state index in [0.717, 1.165) is 28.8 Å². The third kappa shape index (κ3) is 8.22. The largest absolute Gasteiger partial charge is 0.494 e. The van der Waals surface area contributed by atoms with Crippen molar-refractivity contribution in [3.63, 3.8) is 0 Å². The molecule has 49 heavy (non-hydrogen) atoms. The normalized spacial score (nSPS) is 13.5. The lowest BCUT2D eigenvalue weighted by Gasteiger charge is -2.31. The fraction of sp³-hybridized carbons (Fsp3) is 0.406. The lowest BCUT2D eigenvalue weighted by molar-refractivity contribution is 0.172. The van der Waals surface area contributed by atoms with Crippen molar-refractivity contribution in [3.8, 4) is 34.6 Å². The highest BCUT2D eigenvalue weighted by Gasteiger charge is 2.40. The second-order valence-electron chi connectivity index (χ2n) is 12.5. The van der Waals surface area contributed by atoms with E-state index in [0.29, 0.717) is 35.7 Å². The first-order valence-electron chi connectivity index (χ1n) is 15.4. The highest BCUT2D eigenvalue weighted by atomic mass is 32.2. The molecule has 4 aromatic rings. The van der Waals surface area contributed by atoms with E-state index in [-0.39, 0.29) is 29.6 Å². The number of hydrogen-bond donors (Lipinski definition) is 1. The van der Waals surface area contributed by atoms with Crippen molar-refractivity contribution < 1.29 is 40.5 Å². The van der Waals surface area contributed by atoms with Crippen molar-refractivity contribution >= 4 is 33.9 Å². The van der Waals surface area contributed by atoms with Crippen LogP contribution in [0.1, 0.15) is 25.5 Å². The summed E-state index contributed by atoms with van der Waals surface area (Å²) in [7, 11) is -7.65. The van der Waals surface area contributed by atoms with Crippen LogP contribution in [0.4, 0.5) is 10.3 Å². The summed E-state index contributed by atoms with van der Waals surface area (Å²) in [6, 6.07) is 13.4. The number of hydrogen-bond acceptors (Lipinski definition) is 11. The first-order chi connectivity index (χ1) is 22.9. The number of aliphatic hydroxyl groups excluding tert-OH is 1. The van der Waals surface area contributed by atoms with E-state index in [4.69, 9.17) is 14.2 Å². The lowest BCUT2D eigenvalue weighted by Crippen LogP contribution is -2.44. The highest BCUT2D eigenvalue weighted by molar-refractivity contribution is 7.93. The van der Waals surface area contributed by atoms with E-state index < -0.39 is 50.0 Å². The Labute approximate surface area is 287 Å². The molecule has 0 saturated heterocycles. The summed E-state index contributed by atoms with van der Waals surface area (Å²) in [6.07, 6.45) is -1.01. The van der Waals surface area contributed by atoms with E-state index in [9.17, 15) is 26.3 Å². The van der Waals surface area contributed by atoms with Crippen LogP contribution in [0.2, 0.25) is 25.7 Å². The first kappa shape index (κ1) is 37.8. The number of sulfonamides is 1. The van der Waals surface area contributed by atoms with E-state index in [1.807, 2.05) is 6.92 Å². The van der Waals surface area contributed by atoms with Gasteiger partial charge >= 0.3 is 0 Å². The Bertz CT molecular complexity index is 2000. The van der Waals surface area contributed by atoms with Gasteiger partial charge in [-0.3, -0.25) is 4.57 Å². The summed E-state index contributed by atoms with van der Waals surface area (Å²) in [4.78, 5) is 4.06. The summed E-state index contributed by atoms with van der Waals surface area (Å²) >= 11 is 0. The van der Waals surface area contributed by atoms with Crippen LogP contribution in [0, 0.1) is 5.82 Å². The van der Waals surface area contributed by atoms with Crippen molar-refractivity contribution in [2.75, 3.05) is 37.9 Å². The Balaban J connectivity index is 2.02. The van der Waals surface area contributed by atoms with Crippen LogP contribution in [-0.2, 0) is 19.9 Å². The number of ether oxygens (including phenoxy) is 3. The molecule has 0 fully saturated rings. The zero-order valence-corrected chi connectivity index (χ0v) is 31.3. The summed E-state index contributed by atoms with van der Waals surface area (Å²) in [5.74, 6) is 0.0607. The molecule has 2 aromatic carbocycles. The second kappa shape index (κ2) is 14.8. The monoisotopic (exact) mass is 735 g/mol. The number of sulfone groups is 1. The molecule has 0 amide bonds. The SMILES string of the molecule is CCOc1cccc(-c2nnc(N(CC[Si](C)(C)C)S(=O)(=O)[C@H](C)[C@@H](O)c3ccc(F)cc3S(C)(=O)=O)n2-c2c(OC)cccc2OC)n1. The second-order valence-corrected chi connectivity index (χ2v) is 22.3. The molecule has 2 atom stereocenters. The summed E-state index contributed by atoms with van der Waals surface area (Å²) in [6.45, 7) is 9.61. The van der Waals surface area contributed by atoms with Gasteiger partial charge < -0.3 is 19.3 Å². The van der Waals surface area contributed by atoms with Gasteiger partial charge in [0.05, 0.1) is 31.8 Å². The topological polar surface area (TPSA) is 163 Å². The fourth-order valence-electron chi connectivity index (χ4n) is 5.10. The number of benzene rings is 2. The van der Waals surface area contributed by atoms with Gasteiger partial charge in [0.15, 0.2) is 15.7 Å². The van der Waals surface area contributed by atoms with Gasteiger partial charge in [-0.05, 0) is 50.2 Å². The molecule has 4 rings (SSSR count). The Morgan fingerprint density at radius 1 is 0.980 bits per heavy atom. The Hall–Kier alpha value is -4.06. The van der Waals surface area contributed by atoms with Gasteiger partial charge in [0.25, 0.3) is 0 Å². The van der Waals surface area contributed by atoms with Gasteiger partial charge in [-0.2, -0.15) is 0 Å². The molecule has 13 nitrogen and oxygen atoms in total. The summed E-state index contributed by atoms with van der Waals surface area (Å²) in [5.41, 5.74) is 0.332. The van der Waals surface area contributed by atoms with Gasteiger partial charge in [-0.25, -0.2) is 30.5 Å². The molecule has 0 aliphatic rings. The van der Waals surface area contributed by atoms with Crippen LogP contribution >= 0.6 is 0 Å². The molecule has 0 radical (unpaired) electrons. The quantitative estimate of drug-likeness (QED) is 0.166. The minimum Gasteiger partial charge on any atom is -0.494 e. The summed E-state index contributed by atoms with van der Waals surface area (Å²) < 4.78 is 88.4. The lowest BCUT2D eigenvalue weighted by atomic mass is 10.1. The maximum atomic E-state index is 14.7. The van der Waals surface area contributed by atoms with Crippen LogP contribution < -0.4 is 18.5 Å². The molecule has 0 bridgehead atoms. The summed E-state index contributed by atoms with van der Waals surface area (Å²) in [5, 5.41) is 18.7. The van der Waals surface area contributed by atoms with Gasteiger partial charge in [0, 0.05) is 32.5 Å².